The van der Waals surface area contributed by atoms with E-state index in [1.165, 1.54) is 0 Å². The van der Waals surface area contributed by atoms with Gasteiger partial charge in [0.25, 0.3) is 11.8 Å². The third-order valence-electron chi connectivity index (χ3n) is 4.37. The van der Waals surface area contributed by atoms with Gasteiger partial charge < -0.3 is 9.47 Å². The number of amides is 2. The predicted molar refractivity (Wildman–Crippen MR) is 115 cm³/mol. The van der Waals surface area contributed by atoms with Crippen LogP contribution in [0.5, 0.6) is 11.5 Å². The maximum Gasteiger partial charge on any atom is 0.276 e. The maximum absolute atomic E-state index is 12.0. The van der Waals surface area contributed by atoms with E-state index >= 15 is 0 Å². The first-order valence-electron chi connectivity index (χ1n) is 9.58. The molecule has 154 valence electrons. The Kier molecular flexibility index (Phi) is 7.05. The Morgan fingerprint density at radius 3 is 2.03 bits per heavy atom. The van der Waals surface area contributed by atoms with Crippen molar-refractivity contribution in [2.75, 3.05) is 13.2 Å². The molecule has 6 nitrogen and oxygen atoms in total. The van der Waals surface area contributed by atoms with E-state index in [4.69, 9.17) is 9.47 Å². The van der Waals surface area contributed by atoms with Crippen molar-refractivity contribution >= 4 is 11.8 Å². The summed E-state index contributed by atoms with van der Waals surface area (Å²) in [6, 6.07) is 23.0. The van der Waals surface area contributed by atoms with Crippen LogP contribution in [0.25, 0.3) is 11.1 Å². The maximum atomic E-state index is 12.0. The molecule has 30 heavy (non-hydrogen) atoms. The molecule has 0 atom stereocenters. The summed E-state index contributed by atoms with van der Waals surface area (Å²) in [6.45, 7) is 3.41. The first-order chi connectivity index (χ1) is 14.5. The van der Waals surface area contributed by atoms with Crippen LogP contribution in [0, 0.1) is 13.8 Å². The molecule has 0 aromatic heterocycles. The van der Waals surface area contributed by atoms with E-state index in [1.54, 1.807) is 6.07 Å². The van der Waals surface area contributed by atoms with Crippen LogP contribution in [0.3, 0.4) is 0 Å². The summed E-state index contributed by atoms with van der Waals surface area (Å²) in [7, 11) is 0. The van der Waals surface area contributed by atoms with Crippen molar-refractivity contribution in [3.05, 3.63) is 83.9 Å². The molecule has 3 aromatic rings. The summed E-state index contributed by atoms with van der Waals surface area (Å²) in [5, 5.41) is 0. The average molecular weight is 404 g/mol. The number of benzene rings is 3. The summed E-state index contributed by atoms with van der Waals surface area (Å²) >= 11 is 0. The molecular weight excluding hydrogens is 380 g/mol. The number of nitrogens with one attached hydrogen (secondary N) is 2. The summed E-state index contributed by atoms with van der Waals surface area (Å²) in [5.74, 6) is 0.285. The highest BCUT2D eigenvalue weighted by atomic mass is 16.5. The molecule has 0 aliphatic carbocycles. The van der Waals surface area contributed by atoms with E-state index in [0.29, 0.717) is 11.5 Å². The van der Waals surface area contributed by atoms with Crippen LogP contribution in [-0.4, -0.2) is 25.0 Å². The minimum absolute atomic E-state index is 0.206. The number of aryl methyl sites for hydroxylation is 2. The van der Waals surface area contributed by atoms with E-state index in [0.717, 1.165) is 22.3 Å². The number of carbonyl (C=O) groups is 2. The zero-order valence-electron chi connectivity index (χ0n) is 17.0. The summed E-state index contributed by atoms with van der Waals surface area (Å²) < 4.78 is 11.2. The zero-order valence-corrected chi connectivity index (χ0v) is 17.0. The molecule has 0 spiro atoms. The lowest BCUT2D eigenvalue weighted by atomic mass is 10.1. The molecule has 0 saturated carbocycles. The molecule has 0 radical (unpaired) electrons. The quantitative estimate of drug-likeness (QED) is 0.590. The molecule has 2 amide bonds. The Morgan fingerprint density at radius 1 is 0.733 bits per heavy atom. The van der Waals surface area contributed by atoms with Gasteiger partial charge in [0.05, 0.1) is 0 Å². The molecular formula is C24H24N2O4. The lowest BCUT2D eigenvalue weighted by Crippen LogP contribution is -2.45. The molecule has 0 aliphatic rings. The number of para-hydroxylation sites is 1. The number of hydrazine groups is 1. The molecule has 0 unspecified atom stereocenters. The Morgan fingerprint density at radius 2 is 1.33 bits per heavy atom. The second kappa shape index (κ2) is 10.1. The van der Waals surface area contributed by atoms with Crippen LogP contribution in [0.1, 0.15) is 11.1 Å². The van der Waals surface area contributed by atoms with Crippen molar-refractivity contribution in [2.24, 2.45) is 0 Å². The molecule has 3 rings (SSSR count). The molecule has 0 fully saturated rings. The van der Waals surface area contributed by atoms with Crippen LogP contribution < -0.4 is 20.3 Å². The van der Waals surface area contributed by atoms with Gasteiger partial charge in [-0.3, -0.25) is 20.4 Å². The van der Waals surface area contributed by atoms with E-state index in [2.05, 4.69) is 10.9 Å². The van der Waals surface area contributed by atoms with Gasteiger partial charge in [0.1, 0.15) is 11.5 Å². The predicted octanol–water partition coefficient (Wildman–Crippen LogP) is 3.58. The van der Waals surface area contributed by atoms with Gasteiger partial charge in [0.15, 0.2) is 13.2 Å². The van der Waals surface area contributed by atoms with Crippen molar-refractivity contribution in [1.82, 2.24) is 10.9 Å². The Bertz CT molecular complexity index is 1020. The van der Waals surface area contributed by atoms with Crippen LogP contribution in [0.15, 0.2) is 72.8 Å². The molecule has 0 heterocycles. The normalized spacial score (nSPS) is 10.2. The molecule has 0 aliphatic heterocycles. The highest BCUT2D eigenvalue weighted by Gasteiger charge is 2.10. The first-order valence-corrected chi connectivity index (χ1v) is 9.58. The minimum atomic E-state index is -0.474. The van der Waals surface area contributed by atoms with Gasteiger partial charge in [-0.05, 0) is 42.7 Å². The highest BCUT2D eigenvalue weighted by Crippen LogP contribution is 2.29. The second-order valence-corrected chi connectivity index (χ2v) is 6.80. The van der Waals surface area contributed by atoms with Gasteiger partial charge >= 0.3 is 0 Å². The van der Waals surface area contributed by atoms with Gasteiger partial charge in [-0.1, -0.05) is 60.7 Å². The molecule has 0 saturated heterocycles. The molecule has 6 heteroatoms. The fourth-order valence-corrected chi connectivity index (χ4v) is 2.81. The zero-order chi connectivity index (χ0) is 21.3. The number of rotatable bonds is 7. The number of carbonyl (C=O) groups excluding carboxylic acids is 2. The van der Waals surface area contributed by atoms with Crippen molar-refractivity contribution in [2.45, 2.75) is 13.8 Å². The second-order valence-electron chi connectivity index (χ2n) is 6.80. The minimum Gasteiger partial charge on any atom is -0.483 e. The topological polar surface area (TPSA) is 76.7 Å². The van der Waals surface area contributed by atoms with Gasteiger partial charge in [-0.15, -0.1) is 0 Å². The summed E-state index contributed by atoms with van der Waals surface area (Å²) in [4.78, 5) is 24.0. The third kappa shape index (κ3) is 5.85. The van der Waals surface area contributed by atoms with Crippen LogP contribution in [0.2, 0.25) is 0 Å². The largest absolute Gasteiger partial charge is 0.483 e. The van der Waals surface area contributed by atoms with E-state index in [-0.39, 0.29) is 13.2 Å². The van der Waals surface area contributed by atoms with E-state index < -0.39 is 11.8 Å². The SMILES string of the molecule is Cc1ccc(C)c(OCC(=O)NNC(=O)COc2ccccc2-c2ccccc2)c1. The smallest absolute Gasteiger partial charge is 0.276 e. The van der Waals surface area contributed by atoms with Crippen LogP contribution in [0.4, 0.5) is 0 Å². The summed E-state index contributed by atoms with van der Waals surface area (Å²) in [5.41, 5.74) is 8.51. The third-order valence-corrected chi connectivity index (χ3v) is 4.37. The van der Waals surface area contributed by atoms with E-state index in [1.807, 2.05) is 80.6 Å². The lowest BCUT2D eigenvalue weighted by molar-refractivity contribution is -0.131. The Balaban J connectivity index is 1.46. The van der Waals surface area contributed by atoms with Crippen molar-refractivity contribution in [1.29, 1.82) is 0 Å². The fraction of sp³-hybridized carbons (Fsp3) is 0.167. The average Bonchev–Trinajstić information content (AvgIpc) is 2.77. The van der Waals surface area contributed by atoms with Crippen molar-refractivity contribution in [3.63, 3.8) is 0 Å². The van der Waals surface area contributed by atoms with Gasteiger partial charge in [0.2, 0.25) is 0 Å². The number of ether oxygens (including phenoxy) is 2. The molecule has 3 aromatic carbocycles. The van der Waals surface area contributed by atoms with Gasteiger partial charge in [0, 0.05) is 5.56 Å². The Hall–Kier alpha value is -3.80. The molecule has 0 bridgehead atoms. The molecule has 2 N–H and O–H groups in total. The first kappa shape index (κ1) is 20.9. The lowest BCUT2D eigenvalue weighted by Gasteiger charge is -2.13. The van der Waals surface area contributed by atoms with Crippen molar-refractivity contribution in [3.8, 4) is 22.6 Å². The number of hydrogen-bond donors (Lipinski definition) is 2. The fourth-order valence-electron chi connectivity index (χ4n) is 2.81. The van der Waals surface area contributed by atoms with Crippen molar-refractivity contribution < 1.29 is 19.1 Å². The Labute approximate surface area is 175 Å². The number of hydrogen-bond acceptors (Lipinski definition) is 4. The van der Waals surface area contributed by atoms with Crippen LogP contribution in [-0.2, 0) is 9.59 Å². The summed E-state index contributed by atoms with van der Waals surface area (Å²) in [6.07, 6.45) is 0. The van der Waals surface area contributed by atoms with Gasteiger partial charge in [-0.25, -0.2) is 0 Å². The standard InChI is InChI=1S/C24H24N2O4/c1-17-12-13-18(2)22(14-17)30-16-24(28)26-25-23(27)15-29-21-11-7-6-10-20(21)19-8-4-3-5-9-19/h3-14H,15-16H2,1-2H3,(H,25,27)(H,26,28). The van der Waals surface area contributed by atoms with Gasteiger partial charge in [-0.2, -0.15) is 0 Å². The highest BCUT2D eigenvalue weighted by molar-refractivity contribution is 5.83. The van der Waals surface area contributed by atoms with E-state index in [9.17, 15) is 9.59 Å². The monoisotopic (exact) mass is 404 g/mol. The van der Waals surface area contributed by atoms with Crippen LogP contribution >= 0.6 is 0 Å².